The number of fused-ring (bicyclic) bond motifs is 1. The molecule has 0 fully saturated rings. The largest absolute Gasteiger partial charge is 0.228 e. The van der Waals surface area contributed by atoms with Crippen molar-refractivity contribution >= 4 is 38.4 Å². The minimum absolute atomic E-state index is 0.486. The Hall–Kier alpha value is -1.45. The van der Waals surface area contributed by atoms with E-state index in [-0.39, 0.29) is 0 Å². The van der Waals surface area contributed by atoms with Crippen molar-refractivity contribution in [3.63, 3.8) is 0 Å². The summed E-state index contributed by atoms with van der Waals surface area (Å²) < 4.78 is 1.02. The third-order valence-corrected chi connectivity index (χ3v) is 4.19. The van der Waals surface area contributed by atoms with Gasteiger partial charge in [0, 0.05) is 15.4 Å². The van der Waals surface area contributed by atoms with E-state index in [4.69, 9.17) is 11.6 Å². The van der Waals surface area contributed by atoms with Gasteiger partial charge >= 0.3 is 0 Å². The highest BCUT2D eigenvalue weighted by Crippen LogP contribution is 2.30. The van der Waals surface area contributed by atoms with Crippen LogP contribution in [-0.4, -0.2) is 9.97 Å². The van der Waals surface area contributed by atoms with Crippen molar-refractivity contribution in [2.75, 3.05) is 0 Å². The van der Waals surface area contributed by atoms with Gasteiger partial charge in [0.05, 0.1) is 5.52 Å². The standard InChI is InChI=1S/C15H10BrClN2/c1-9-12(16)8-7-11-13(9)18-15(19-14(11)17)10-5-3-2-4-6-10/h2-8H,1H3. The van der Waals surface area contributed by atoms with E-state index in [1.807, 2.05) is 49.4 Å². The molecule has 0 N–H and O–H groups in total. The molecule has 1 heterocycles. The number of rotatable bonds is 1. The normalized spacial score (nSPS) is 10.9. The third-order valence-electron chi connectivity index (χ3n) is 3.04. The Bertz CT molecular complexity index is 757. The summed E-state index contributed by atoms with van der Waals surface area (Å²) in [6.07, 6.45) is 0. The average molecular weight is 334 g/mol. The molecule has 2 aromatic carbocycles. The molecule has 0 aliphatic rings. The summed E-state index contributed by atoms with van der Waals surface area (Å²) in [5.41, 5.74) is 2.91. The maximum Gasteiger partial charge on any atom is 0.161 e. The lowest BCUT2D eigenvalue weighted by molar-refractivity contribution is 1.21. The van der Waals surface area contributed by atoms with Gasteiger partial charge < -0.3 is 0 Å². The number of aryl methyl sites for hydroxylation is 1. The second kappa shape index (κ2) is 4.91. The molecule has 0 radical (unpaired) electrons. The van der Waals surface area contributed by atoms with Gasteiger partial charge in [-0.3, -0.25) is 0 Å². The van der Waals surface area contributed by atoms with Gasteiger partial charge in [0.1, 0.15) is 5.15 Å². The fourth-order valence-electron chi connectivity index (χ4n) is 1.99. The van der Waals surface area contributed by atoms with E-state index in [1.54, 1.807) is 0 Å². The molecule has 0 atom stereocenters. The van der Waals surface area contributed by atoms with E-state index in [0.717, 1.165) is 26.5 Å². The lowest BCUT2D eigenvalue weighted by Gasteiger charge is -2.08. The third kappa shape index (κ3) is 2.24. The molecule has 4 heteroatoms. The minimum Gasteiger partial charge on any atom is -0.228 e. The minimum atomic E-state index is 0.486. The zero-order valence-corrected chi connectivity index (χ0v) is 12.5. The van der Waals surface area contributed by atoms with E-state index in [9.17, 15) is 0 Å². The van der Waals surface area contributed by atoms with Gasteiger partial charge in [-0.25, -0.2) is 9.97 Å². The molecule has 0 amide bonds. The molecule has 0 aliphatic heterocycles. The second-order valence-electron chi connectivity index (χ2n) is 4.27. The van der Waals surface area contributed by atoms with Crippen LogP contribution in [0.2, 0.25) is 5.15 Å². The Morgan fingerprint density at radius 1 is 1.00 bits per heavy atom. The van der Waals surface area contributed by atoms with Crippen LogP contribution in [-0.2, 0) is 0 Å². The number of hydrogen-bond donors (Lipinski definition) is 0. The molecule has 0 aliphatic carbocycles. The van der Waals surface area contributed by atoms with Gasteiger partial charge in [-0.15, -0.1) is 0 Å². The van der Waals surface area contributed by atoms with Gasteiger partial charge in [0.2, 0.25) is 0 Å². The molecule has 2 nitrogen and oxygen atoms in total. The number of nitrogens with zero attached hydrogens (tertiary/aromatic N) is 2. The Kier molecular flexibility index (Phi) is 3.25. The van der Waals surface area contributed by atoms with Gasteiger partial charge in [-0.05, 0) is 24.6 Å². The number of hydrogen-bond acceptors (Lipinski definition) is 2. The SMILES string of the molecule is Cc1c(Br)ccc2c(Cl)nc(-c3ccccc3)nc12. The lowest BCUT2D eigenvalue weighted by atomic mass is 10.1. The smallest absolute Gasteiger partial charge is 0.161 e. The monoisotopic (exact) mass is 332 g/mol. The van der Waals surface area contributed by atoms with Crippen LogP contribution in [0.5, 0.6) is 0 Å². The summed E-state index contributed by atoms with van der Waals surface area (Å²) in [7, 11) is 0. The highest BCUT2D eigenvalue weighted by Gasteiger charge is 2.10. The van der Waals surface area contributed by atoms with E-state index in [2.05, 4.69) is 25.9 Å². The molecule has 94 valence electrons. The Labute approximate surface area is 124 Å². The summed E-state index contributed by atoms with van der Waals surface area (Å²) >= 11 is 9.79. The molecule has 0 saturated heterocycles. The zero-order valence-electron chi connectivity index (χ0n) is 10.2. The van der Waals surface area contributed by atoms with Crippen molar-refractivity contribution in [1.29, 1.82) is 0 Å². The average Bonchev–Trinajstić information content (AvgIpc) is 2.44. The molecule has 0 saturated carbocycles. The van der Waals surface area contributed by atoms with Crippen LogP contribution in [0.3, 0.4) is 0 Å². The first kappa shape index (κ1) is 12.6. The quantitative estimate of drug-likeness (QED) is 0.584. The first-order chi connectivity index (χ1) is 9.16. The number of aromatic nitrogens is 2. The van der Waals surface area contributed by atoms with Crippen LogP contribution >= 0.6 is 27.5 Å². The van der Waals surface area contributed by atoms with Crippen molar-refractivity contribution in [3.8, 4) is 11.4 Å². The van der Waals surface area contributed by atoms with Gasteiger partial charge in [-0.2, -0.15) is 0 Å². The maximum absolute atomic E-state index is 6.27. The van der Waals surface area contributed by atoms with Crippen LogP contribution in [0.15, 0.2) is 46.9 Å². The first-order valence-electron chi connectivity index (χ1n) is 5.84. The summed E-state index contributed by atoms with van der Waals surface area (Å²) in [5.74, 6) is 0.652. The predicted octanol–water partition coefficient (Wildman–Crippen LogP) is 5.02. The maximum atomic E-state index is 6.27. The summed E-state index contributed by atoms with van der Waals surface area (Å²) in [4.78, 5) is 9.02. The van der Waals surface area contributed by atoms with E-state index in [1.165, 1.54) is 0 Å². The van der Waals surface area contributed by atoms with Crippen molar-refractivity contribution < 1.29 is 0 Å². The van der Waals surface area contributed by atoms with Crippen LogP contribution < -0.4 is 0 Å². The predicted molar refractivity (Wildman–Crippen MR) is 82.4 cm³/mol. The molecule has 0 unspecified atom stereocenters. The van der Waals surface area contributed by atoms with Crippen molar-refractivity contribution in [1.82, 2.24) is 9.97 Å². The molecular weight excluding hydrogens is 324 g/mol. The van der Waals surface area contributed by atoms with Crippen LogP contribution in [0, 0.1) is 6.92 Å². The molecule has 0 spiro atoms. The second-order valence-corrected chi connectivity index (χ2v) is 5.48. The summed E-state index contributed by atoms with van der Waals surface area (Å²) in [6.45, 7) is 2.02. The van der Waals surface area contributed by atoms with Gasteiger partial charge in [0.25, 0.3) is 0 Å². The lowest BCUT2D eigenvalue weighted by Crippen LogP contribution is -1.94. The van der Waals surface area contributed by atoms with E-state index >= 15 is 0 Å². The Balaban J connectivity index is 2.32. The highest BCUT2D eigenvalue weighted by atomic mass is 79.9. The van der Waals surface area contributed by atoms with Gasteiger partial charge in [0.15, 0.2) is 5.82 Å². The van der Waals surface area contributed by atoms with Crippen LogP contribution in [0.25, 0.3) is 22.3 Å². The van der Waals surface area contributed by atoms with E-state index < -0.39 is 0 Å². The van der Waals surface area contributed by atoms with Crippen LogP contribution in [0.1, 0.15) is 5.56 Å². The van der Waals surface area contributed by atoms with E-state index in [0.29, 0.717) is 11.0 Å². The molecule has 19 heavy (non-hydrogen) atoms. The van der Waals surface area contributed by atoms with Crippen molar-refractivity contribution in [3.05, 3.63) is 57.7 Å². The number of benzene rings is 2. The fourth-order valence-corrected chi connectivity index (χ4v) is 2.54. The van der Waals surface area contributed by atoms with Crippen molar-refractivity contribution in [2.45, 2.75) is 6.92 Å². The van der Waals surface area contributed by atoms with Gasteiger partial charge in [-0.1, -0.05) is 57.9 Å². The Morgan fingerprint density at radius 3 is 2.47 bits per heavy atom. The molecule has 1 aromatic heterocycles. The first-order valence-corrected chi connectivity index (χ1v) is 7.01. The molecule has 3 aromatic rings. The molecular formula is C15H10BrClN2. The summed E-state index contributed by atoms with van der Waals surface area (Å²) in [5, 5.41) is 1.36. The molecule has 3 rings (SSSR count). The van der Waals surface area contributed by atoms with Crippen LogP contribution in [0.4, 0.5) is 0 Å². The fraction of sp³-hybridized carbons (Fsp3) is 0.0667. The Morgan fingerprint density at radius 2 is 1.74 bits per heavy atom. The zero-order chi connectivity index (χ0) is 13.4. The highest BCUT2D eigenvalue weighted by molar-refractivity contribution is 9.10. The summed E-state index contributed by atoms with van der Waals surface area (Å²) in [6, 6.07) is 13.7. The van der Waals surface area contributed by atoms with Crippen molar-refractivity contribution in [2.24, 2.45) is 0 Å². The molecule has 0 bridgehead atoms. The number of halogens is 2. The topological polar surface area (TPSA) is 25.8 Å².